The molecule has 2 heterocycles. The Morgan fingerprint density at radius 3 is 2.90 bits per heavy atom. The van der Waals surface area contributed by atoms with Crippen LogP contribution in [0, 0.1) is 0 Å². The summed E-state index contributed by atoms with van der Waals surface area (Å²) in [6, 6.07) is 8.16. The van der Waals surface area contributed by atoms with Crippen molar-refractivity contribution in [1.29, 1.82) is 0 Å². The second kappa shape index (κ2) is 5.69. The second-order valence-electron chi connectivity index (χ2n) is 5.62. The zero-order valence-electron chi connectivity index (χ0n) is 12.4. The Bertz CT molecular complexity index is 649. The van der Waals surface area contributed by atoms with Crippen LogP contribution in [0.5, 0.6) is 0 Å². The molecule has 0 unspecified atom stereocenters. The van der Waals surface area contributed by atoms with Crippen molar-refractivity contribution in [3.8, 4) is 0 Å². The SMILES string of the molecule is CN(Cc1cnn(C)c1)C(=O)[C@H]1Cc2ccccc2CN1. The average molecular weight is 284 g/mol. The van der Waals surface area contributed by atoms with E-state index in [0.717, 1.165) is 18.5 Å². The van der Waals surface area contributed by atoms with Crippen LogP contribution in [0.3, 0.4) is 0 Å². The van der Waals surface area contributed by atoms with Crippen LogP contribution in [-0.4, -0.2) is 33.7 Å². The van der Waals surface area contributed by atoms with Crippen LogP contribution in [0.2, 0.25) is 0 Å². The lowest BCUT2D eigenvalue weighted by Gasteiger charge is -2.28. The molecule has 1 amide bonds. The first kappa shape index (κ1) is 13.8. The molecule has 0 saturated heterocycles. The van der Waals surface area contributed by atoms with Gasteiger partial charge in [-0.1, -0.05) is 24.3 Å². The highest BCUT2D eigenvalue weighted by molar-refractivity contribution is 5.82. The monoisotopic (exact) mass is 284 g/mol. The summed E-state index contributed by atoms with van der Waals surface area (Å²) in [5, 5.41) is 7.47. The molecule has 21 heavy (non-hydrogen) atoms. The fourth-order valence-electron chi connectivity index (χ4n) is 2.80. The van der Waals surface area contributed by atoms with E-state index in [2.05, 4.69) is 22.5 Å². The van der Waals surface area contributed by atoms with E-state index in [9.17, 15) is 4.79 Å². The molecule has 5 nitrogen and oxygen atoms in total. The van der Waals surface area contributed by atoms with Crippen LogP contribution in [0.4, 0.5) is 0 Å². The number of likely N-dealkylation sites (N-methyl/N-ethyl adjacent to an activating group) is 1. The summed E-state index contributed by atoms with van der Waals surface area (Å²) in [5.74, 6) is 0.133. The lowest BCUT2D eigenvalue weighted by Crippen LogP contribution is -2.47. The van der Waals surface area contributed by atoms with Gasteiger partial charge in [0.05, 0.1) is 12.2 Å². The molecule has 3 rings (SSSR count). The lowest BCUT2D eigenvalue weighted by molar-refractivity contribution is -0.132. The van der Waals surface area contributed by atoms with Crippen molar-refractivity contribution in [2.75, 3.05) is 7.05 Å². The van der Waals surface area contributed by atoms with Gasteiger partial charge in [0.25, 0.3) is 0 Å². The molecule has 1 aromatic heterocycles. The first-order chi connectivity index (χ1) is 10.1. The Morgan fingerprint density at radius 2 is 2.19 bits per heavy atom. The van der Waals surface area contributed by atoms with Gasteiger partial charge >= 0.3 is 0 Å². The molecule has 5 heteroatoms. The minimum atomic E-state index is -0.137. The fraction of sp³-hybridized carbons (Fsp3) is 0.375. The fourth-order valence-corrected chi connectivity index (χ4v) is 2.80. The van der Waals surface area contributed by atoms with Crippen molar-refractivity contribution < 1.29 is 4.79 Å². The van der Waals surface area contributed by atoms with Gasteiger partial charge in [0.2, 0.25) is 5.91 Å². The third-order valence-electron chi connectivity index (χ3n) is 3.93. The molecule has 1 aliphatic rings. The number of hydrogen-bond acceptors (Lipinski definition) is 3. The number of hydrogen-bond donors (Lipinski definition) is 1. The van der Waals surface area contributed by atoms with Crippen LogP contribution in [0.25, 0.3) is 0 Å². The van der Waals surface area contributed by atoms with E-state index in [4.69, 9.17) is 0 Å². The summed E-state index contributed by atoms with van der Waals surface area (Å²) in [7, 11) is 3.72. The predicted molar refractivity (Wildman–Crippen MR) is 80.5 cm³/mol. The first-order valence-corrected chi connectivity index (χ1v) is 7.16. The predicted octanol–water partition coefficient (Wildman–Crippen LogP) is 1.09. The number of amides is 1. The molecule has 1 N–H and O–H groups in total. The van der Waals surface area contributed by atoms with Gasteiger partial charge in [-0.15, -0.1) is 0 Å². The third kappa shape index (κ3) is 2.97. The minimum Gasteiger partial charge on any atom is -0.340 e. The number of rotatable bonds is 3. The van der Waals surface area contributed by atoms with Crippen LogP contribution in [-0.2, 0) is 31.4 Å². The molecule has 0 saturated carbocycles. The molecule has 0 aliphatic carbocycles. The molecule has 0 spiro atoms. The Labute approximate surface area is 124 Å². The van der Waals surface area contributed by atoms with Crippen molar-refractivity contribution in [2.45, 2.75) is 25.6 Å². The molecular weight excluding hydrogens is 264 g/mol. The Hall–Kier alpha value is -2.14. The molecule has 1 aromatic carbocycles. The summed E-state index contributed by atoms with van der Waals surface area (Å²) in [6.45, 7) is 1.35. The zero-order valence-corrected chi connectivity index (χ0v) is 12.4. The number of carbonyl (C=O) groups is 1. The summed E-state index contributed by atoms with van der Waals surface area (Å²) in [6.07, 6.45) is 4.49. The Morgan fingerprint density at radius 1 is 1.43 bits per heavy atom. The third-order valence-corrected chi connectivity index (χ3v) is 3.93. The zero-order chi connectivity index (χ0) is 14.8. The topological polar surface area (TPSA) is 50.2 Å². The summed E-state index contributed by atoms with van der Waals surface area (Å²) in [4.78, 5) is 14.3. The van der Waals surface area contributed by atoms with E-state index in [1.54, 1.807) is 15.8 Å². The molecular formula is C16H20N4O. The highest BCUT2D eigenvalue weighted by Crippen LogP contribution is 2.17. The number of fused-ring (bicyclic) bond motifs is 1. The minimum absolute atomic E-state index is 0.133. The quantitative estimate of drug-likeness (QED) is 0.918. The maximum absolute atomic E-state index is 12.6. The van der Waals surface area contributed by atoms with Gasteiger partial charge < -0.3 is 10.2 Å². The molecule has 0 fully saturated rings. The van der Waals surface area contributed by atoms with Gasteiger partial charge in [-0.05, 0) is 17.5 Å². The average Bonchev–Trinajstić information content (AvgIpc) is 2.91. The van der Waals surface area contributed by atoms with Crippen molar-refractivity contribution >= 4 is 5.91 Å². The summed E-state index contributed by atoms with van der Waals surface area (Å²) >= 11 is 0. The number of carbonyl (C=O) groups excluding carboxylic acids is 1. The van der Waals surface area contributed by atoms with E-state index in [-0.39, 0.29) is 11.9 Å². The number of nitrogens with zero attached hydrogens (tertiary/aromatic N) is 3. The van der Waals surface area contributed by atoms with E-state index < -0.39 is 0 Å². The Balaban J connectivity index is 1.66. The van der Waals surface area contributed by atoms with E-state index >= 15 is 0 Å². The van der Waals surface area contributed by atoms with Gasteiger partial charge in [-0.25, -0.2) is 0 Å². The van der Waals surface area contributed by atoms with Gasteiger partial charge in [-0.3, -0.25) is 9.48 Å². The molecule has 1 atom stereocenters. The summed E-state index contributed by atoms with van der Waals surface area (Å²) < 4.78 is 1.75. The number of aryl methyl sites for hydroxylation is 1. The molecule has 0 bridgehead atoms. The molecule has 1 aliphatic heterocycles. The van der Waals surface area contributed by atoms with Crippen LogP contribution < -0.4 is 5.32 Å². The van der Waals surface area contributed by atoms with Crippen LogP contribution in [0.1, 0.15) is 16.7 Å². The second-order valence-corrected chi connectivity index (χ2v) is 5.62. The van der Waals surface area contributed by atoms with Crippen LogP contribution in [0.15, 0.2) is 36.7 Å². The van der Waals surface area contributed by atoms with Crippen molar-refractivity contribution in [2.24, 2.45) is 7.05 Å². The van der Waals surface area contributed by atoms with Gasteiger partial charge in [-0.2, -0.15) is 5.10 Å². The lowest BCUT2D eigenvalue weighted by atomic mass is 9.95. The smallest absolute Gasteiger partial charge is 0.240 e. The van der Waals surface area contributed by atoms with E-state index in [1.807, 2.05) is 32.4 Å². The number of nitrogens with one attached hydrogen (secondary N) is 1. The highest BCUT2D eigenvalue weighted by atomic mass is 16.2. The number of aromatic nitrogens is 2. The molecule has 110 valence electrons. The van der Waals surface area contributed by atoms with E-state index in [0.29, 0.717) is 6.54 Å². The highest BCUT2D eigenvalue weighted by Gasteiger charge is 2.26. The normalized spacial score (nSPS) is 17.3. The van der Waals surface area contributed by atoms with Gasteiger partial charge in [0.15, 0.2) is 0 Å². The maximum Gasteiger partial charge on any atom is 0.240 e. The standard InChI is InChI=1S/C16H20N4O/c1-19(10-12-8-18-20(2)11-12)16(21)15-7-13-5-3-4-6-14(13)9-17-15/h3-6,8,11,15,17H,7,9-10H2,1-2H3/t15-/m1/s1. The number of benzene rings is 1. The Kier molecular flexibility index (Phi) is 3.75. The van der Waals surface area contributed by atoms with Gasteiger partial charge in [0.1, 0.15) is 0 Å². The molecule has 2 aromatic rings. The largest absolute Gasteiger partial charge is 0.340 e. The van der Waals surface area contributed by atoms with Crippen molar-refractivity contribution in [3.05, 3.63) is 53.3 Å². The first-order valence-electron chi connectivity index (χ1n) is 7.16. The molecule has 0 radical (unpaired) electrons. The van der Waals surface area contributed by atoms with E-state index in [1.165, 1.54) is 11.1 Å². The van der Waals surface area contributed by atoms with Crippen molar-refractivity contribution in [3.63, 3.8) is 0 Å². The maximum atomic E-state index is 12.6. The van der Waals surface area contributed by atoms with Crippen LogP contribution >= 0.6 is 0 Å². The summed E-state index contributed by atoms with van der Waals surface area (Å²) in [5.41, 5.74) is 3.60. The van der Waals surface area contributed by atoms with Crippen molar-refractivity contribution in [1.82, 2.24) is 20.0 Å². The van der Waals surface area contributed by atoms with Gasteiger partial charge in [0, 0.05) is 38.9 Å².